The molecule has 3 heterocycles. The Bertz CT molecular complexity index is 264. The van der Waals surface area contributed by atoms with E-state index < -0.39 is 0 Å². The van der Waals surface area contributed by atoms with E-state index in [2.05, 4.69) is 10.2 Å². The molecule has 0 saturated carbocycles. The average Bonchev–Trinajstić information content (AvgIpc) is 2.89. The number of hydrogen-bond donors (Lipinski definition) is 1. The number of ether oxygens (including phenoxy) is 1. The second-order valence-corrected chi connectivity index (χ2v) is 5.34. The summed E-state index contributed by atoms with van der Waals surface area (Å²) in [5.41, 5.74) is 0. The predicted octanol–water partition coefficient (Wildman–Crippen LogP) is 0.0908. The Hall–Kier alpha value is -0.610. The summed E-state index contributed by atoms with van der Waals surface area (Å²) in [6.07, 6.45) is 2.20. The molecule has 3 unspecified atom stereocenters. The van der Waals surface area contributed by atoms with Gasteiger partial charge in [-0.3, -0.25) is 4.79 Å². The zero-order valence-electron chi connectivity index (χ0n) is 9.65. The van der Waals surface area contributed by atoms with Gasteiger partial charge in [-0.2, -0.15) is 0 Å². The first-order chi connectivity index (χ1) is 7.84. The summed E-state index contributed by atoms with van der Waals surface area (Å²) in [4.78, 5) is 14.4. The van der Waals surface area contributed by atoms with E-state index in [0.29, 0.717) is 17.7 Å². The highest BCUT2D eigenvalue weighted by atomic mass is 16.5. The van der Waals surface area contributed by atoms with E-state index in [4.69, 9.17) is 4.74 Å². The Morgan fingerprint density at radius 3 is 2.62 bits per heavy atom. The lowest BCUT2D eigenvalue weighted by Gasteiger charge is -2.27. The maximum atomic E-state index is 12.3. The van der Waals surface area contributed by atoms with Crippen molar-refractivity contribution in [3.63, 3.8) is 0 Å². The maximum Gasteiger partial charge on any atom is 0.226 e. The number of carbonyl (C=O) groups is 1. The third kappa shape index (κ3) is 1.84. The van der Waals surface area contributed by atoms with E-state index in [0.717, 1.165) is 52.2 Å². The summed E-state index contributed by atoms with van der Waals surface area (Å²) >= 11 is 0. The van der Waals surface area contributed by atoms with Crippen molar-refractivity contribution in [3.05, 3.63) is 0 Å². The fourth-order valence-corrected chi connectivity index (χ4v) is 3.19. The van der Waals surface area contributed by atoms with Crippen molar-refractivity contribution >= 4 is 5.91 Å². The lowest BCUT2D eigenvalue weighted by molar-refractivity contribution is -0.135. The average molecular weight is 224 g/mol. The van der Waals surface area contributed by atoms with Gasteiger partial charge in [0, 0.05) is 31.5 Å². The van der Waals surface area contributed by atoms with Gasteiger partial charge in [0.1, 0.15) is 0 Å². The summed E-state index contributed by atoms with van der Waals surface area (Å²) in [7, 11) is 0. The number of hydrogen-bond acceptors (Lipinski definition) is 3. The van der Waals surface area contributed by atoms with Gasteiger partial charge in [-0.25, -0.2) is 0 Å². The zero-order valence-corrected chi connectivity index (χ0v) is 9.65. The SMILES string of the molecule is O=C(C1CCCNC1)N1CC2COCC2C1. The summed E-state index contributed by atoms with van der Waals surface area (Å²) in [6, 6.07) is 0. The van der Waals surface area contributed by atoms with Crippen LogP contribution in [-0.4, -0.2) is 50.2 Å². The van der Waals surface area contributed by atoms with Crippen LogP contribution in [-0.2, 0) is 9.53 Å². The molecule has 4 heteroatoms. The fourth-order valence-electron chi connectivity index (χ4n) is 3.19. The van der Waals surface area contributed by atoms with Crippen LogP contribution in [0.1, 0.15) is 12.8 Å². The van der Waals surface area contributed by atoms with Crippen molar-refractivity contribution in [1.82, 2.24) is 10.2 Å². The summed E-state index contributed by atoms with van der Waals surface area (Å²) in [5, 5.41) is 3.32. The largest absolute Gasteiger partial charge is 0.381 e. The molecule has 0 aromatic carbocycles. The molecule has 0 radical (unpaired) electrons. The molecule has 1 N–H and O–H groups in total. The highest BCUT2D eigenvalue weighted by molar-refractivity contribution is 5.79. The number of nitrogens with one attached hydrogen (secondary N) is 1. The molecule has 3 aliphatic heterocycles. The lowest BCUT2D eigenvalue weighted by Crippen LogP contribution is -2.42. The van der Waals surface area contributed by atoms with Gasteiger partial charge in [0.25, 0.3) is 0 Å². The minimum atomic E-state index is 0.230. The Labute approximate surface area is 96.3 Å². The Balaban J connectivity index is 1.59. The normalized spacial score (nSPS) is 38.8. The number of amides is 1. The molecule has 0 spiro atoms. The fraction of sp³-hybridized carbons (Fsp3) is 0.917. The van der Waals surface area contributed by atoms with Gasteiger partial charge in [0.2, 0.25) is 5.91 Å². The van der Waals surface area contributed by atoms with Crippen LogP contribution < -0.4 is 5.32 Å². The van der Waals surface area contributed by atoms with E-state index in [1.165, 1.54) is 0 Å². The van der Waals surface area contributed by atoms with Crippen LogP contribution in [0, 0.1) is 17.8 Å². The summed E-state index contributed by atoms with van der Waals surface area (Å²) in [5.74, 6) is 1.83. The van der Waals surface area contributed by atoms with Crippen LogP contribution in [0.3, 0.4) is 0 Å². The molecule has 3 rings (SSSR count). The highest BCUT2D eigenvalue weighted by Gasteiger charge is 2.40. The quantitative estimate of drug-likeness (QED) is 0.686. The monoisotopic (exact) mass is 224 g/mol. The van der Waals surface area contributed by atoms with Crippen molar-refractivity contribution in [2.75, 3.05) is 39.4 Å². The first-order valence-corrected chi connectivity index (χ1v) is 6.42. The minimum Gasteiger partial charge on any atom is -0.381 e. The number of fused-ring (bicyclic) bond motifs is 1. The van der Waals surface area contributed by atoms with Crippen LogP contribution in [0.5, 0.6) is 0 Å². The van der Waals surface area contributed by atoms with Crippen molar-refractivity contribution in [2.24, 2.45) is 17.8 Å². The topological polar surface area (TPSA) is 41.6 Å². The van der Waals surface area contributed by atoms with E-state index >= 15 is 0 Å². The minimum absolute atomic E-state index is 0.230. The van der Waals surface area contributed by atoms with Gasteiger partial charge in [0.15, 0.2) is 0 Å². The maximum absolute atomic E-state index is 12.3. The Kier molecular flexibility index (Phi) is 2.86. The lowest BCUT2D eigenvalue weighted by atomic mass is 9.98. The van der Waals surface area contributed by atoms with Gasteiger partial charge in [-0.05, 0) is 19.4 Å². The molecule has 3 fully saturated rings. The number of carbonyl (C=O) groups excluding carboxylic acids is 1. The molecule has 3 atom stereocenters. The molecular formula is C12H20N2O2. The molecule has 0 aromatic heterocycles. The van der Waals surface area contributed by atoms with Crippen molar-refractivity contribution in [1.29, 1.82) is 0 Å². The second kappa shape index (κ2) is 4.34. The number of piperidine rings is 1. The van der Waals surface area contributed by atoms with Crippen LogP contribution in [0.2, 0.25) is 0 Å². The summed E-state index contributed by atoms with van der Waals surface area (Å²) in [6.45, 7) is 5.53. The smallest absolute Gasteiger partial charge is 0.226 e. The Morgan fingerprint density at radius 2 is 2.00 bits per heavy atom. The molecule has 90 valence electrons. The van der Waals surface area contributed by atoms with E-state index in [1.54, 1.807) is 0 Å². The first-order valence-electron chi connectivity index (χ1n) is 6.42. The third-order valence-electron chi connectivity index (χ3n) is 4.20. The zero-order chi connectivity index (χ0) is 11.0. The molecule has 3 aliphatic rings. The third-order valence-corrected chi connectivity index (χ3v) is 4.20. The number of rotatable bonds is 1. The van der Waals surface area contributed by atoms with Gasteiger partial charge >= 0.3 is 0 Å². The molecule has 0 aliphatic carbocycles. The van der Waals surface area contributed by atoms with E-state index in [9.17, 15) is 4.79 Å². The molecule has 0 bridgehead atoms. The molecular weight excluding hydrogens is 204 g/mol. The molecule has 1 amide bonds. The Morgan fingerprint density at radius 1 is 1.25 bits per heavy atom. The molecule has 3 saturated heterocycles. The van der Waals surface area contributed by atoms with Crippen molar-refractivity contribution < 1.29 is 9.53 Å². The molecule has 16 heavy (non-hydrogen) atoms. The first kappa shape index (κ1) is 10.5. The summed E-state index contributed by atoms with van der Waals surface area (Å²) < 4.78 is 5.43. The van der Waals surface area contributed by atoms with Gasteiger partial charge < -0.3 is 15.0 Å². The highest BCUT2D eigenvalue weighted by Crippen LogP contribution is 2.30. The van der Waals surface area contributed by atoms with Gasteiger partial charge in [0.05, 0.1) is 19.1 Å². The van der Waals surface area contributed by atoms with Crippen LogP contribution in [0.15, 0.2) is 0 Å². The van der Waals surface area contributed by atoms with E-state index in [-0.39, 0.29) is 5.92 Å². The second-order valence-electron chi connectivity index (χ2n) is 5.34. The van der Waals surface area contributed by atoms with Crippen LogP contribution in [0.4, 0.5) is 0 Å². The molecule has 0 aromatic rings. The van der Waals surface area contributed by atoms with Crippen molar-refractivity contribution in [3.8, 4) is 0 Å². The van der Waals surface area contributed by atoms with E-state index in [1.807, 2.05) is 0 Å². The standard InChI is InChI=1S/C12H20N2O2/c15-12(9-2-1-3-13-4-9)14-5-10-7-16-8-11(10)6-14/h9-11,13H,1-8H2. The van der Waals surface area contributed by atoms with Gasteiger partial charge in [-0.1, -0.05) is 0 Å². The molecule has 4 nitrogen and oxygen atoms in total. The van der Waals surface area contributed by atoms with Crippen LogP contribution in [0.25, 0.3) is 0 Å². The van der Waals surface area contributed by atoms with Crippen LogP contribution >= 0.6 is 0 Å². The number of likely N-dealkylation sites (tertiary alicyclic amines) is 1. The number of nitrogens with zero attached hydrogens (tertiary/aromatic N) is 1. The predicted molar refractivity (Wildman–Crippen MR) is 60.0 cm³/mol. The van der Waals surface area contributed by atoms with Crippen molar-refractivity contribution in [2.45, 2.75) is 12.8 Å². The van der Waals surface area contributed by atoms with Gasteiger partial charge in [-0.15, -0.1) is 0 Å².